The maximum atomic E-state index is 9.43. The molecule has 1 N–H and O–H groups in total. The Hall–Kier alpha value is -0.900. The molecule has 0 bridgehead atoms. The van der Waals surface area contributed by atoms with Gasteiger partial charge in [0.1, 0.15) is 12.4 Å². The van der Waals surface area contributed by atoms with Gasteiger partial charge in [0.25, 0.3) is 0 Å². The first-order valence-corrected chi connectivity index (χ1v) is 6.60. The number of hydrogen-bond acceptors (Lipinski definition) is 3. The third-order valence-corrected chi connectivity index (χ3v) is 4.85. The topological polar surface area (TPSA) is 50.9 Å². The molecule has 0 radical (unpaired) electrons. The lowest BCUT2D eigenvalue weighted by Crippen LogP contribution is -2.26. The first-order valence-electron chi connectivity index (χ1n) is 6.60. The molecule has 2 rings (SSSR count). The van der Waals surface area contributed by atoms with E-state index < -0.39 is 0 Å². The molecular formula is C14H25N3O. The summed E-state index contributed by atoms with van der Waals surface area (Å²) in [7, 11) is 0. The van der Waals surface area contributed by atoms with Gasteiger partial charge in [0.2, 0.25) is 0 Å². The molecule has 0 amide bonds. The molecule has 102 valence electrons. The summed E-state index contributed by atoms with van der Waals surface area (Å²) in [5, 5.41) is 18.0. The minimum atomic E-state index is -0.106. The molecule has 1 aliphatic rings. The van der Waals surface area contributed by atoms with E-state index in [9.17, 15) is 5.11 Å². The summed E-state index contributed by atoms with van der Waals surface area (Å²) in [4.78, 5) is 0. The highest BCUT2D eigenvalue weighted by atomic mass is 16.3. The van der Waals surface area contributed by atoms with Crippen LogP contribution < -0.4 is 0 Å². The van der Waals surface area contributed by atoms with Crippen molar-refractivity contribution in [1.82, 2.24) is 14.8 Å². The van der Waals surface area contributed by atoms with E-state index in [0.717, 1.165) is 5.82 Å². The van der Waals surface area contributed by atoms with Crippen LogP contribution in [0.5, 0.6) is 0 Å². The summed E-state index contributed by atoms with van der Waals surface area (Å²) in [6, 6.07) is 0. The van der Waals surface area contributed by atoms with E-state index in [-0.39, 0.29) is 23.0 Å². The number of rotatable bonds is 2. The third-order valence-electron chi connectivity index (χ3n) is 4.85. The van der Waals surface area contributed by atoms with Gasteiger partial charge in [-0.15, -0.1) is 10.2 Å². The fraction of sp³-hybridized carbons (Fsp3) is 0.857. The first-order chi connectivity index (χ1) is 8.05. The van der Waals surface area contributed by atoms with Gasteiger partial charge in [-0.3, -0.25) is 0 Å². The van der Waals surface area contributed by atoms with Crippen LogP contribution in [0, 0.1) is 10.8 Å². The molecule has 4 nitrogen and oxygen atoms in total. The van der Waals surface area contributed by atoms with E-state index in [1.165, 1.54) is 0 Å². The average Bonchev–Trinajstić information content (AvgIpc) is 2.57. The van der Waals surface area contributed by atoms with E-state index >= 15 is 0 Å². The van der Waals surface area contributed by atoms with Crippen molar-refractivity contribution in [1.29, 1.82) is 0 Å². The van der Waals surface area contributed by atoms with Crippen LogP contribution in [0.3, 0.4) is 0 Å². The highest BCUT2D eigenvalue weighted by Gasteiger charge is 2.67. The van der Waals surface area contributed by atoms with Crippen molar-refractivity contribution in [2.45, 2.75) is 66.5 Å². The molecular weight excluding hydrogens is 226 g/mol. The van der Waals surface area contributed by atoms with Gasteiger partial charge in [0, 0.05) is 11.5 Å². The standard InChI is InChI=1S/C14H25N3O/c1-12(2,3)17-9(8-18)15-16-11(17)10-13(4,5)14(10,6)7/h10,18H,8H2,1-7H3. The molecule has 1 aromatic heterocycles. The second-order valence-electron chi connectivity index (χ2n) is 7.52. The molecule has 1 saturated carbocycles. The summed E-state index contributed by atoms with van der Waals surface area (Å²) in [6.45, 7) is 15.4. The Bertz CT molecular complexity index is 452. The van der Waals surface area contributed by atoms with Gasteiger partial charge >= 0.3 is 0 Å². The van der Waals surface area contributed by atoms with Crippen molar-refractivity contribution in [3.63, 3.8) is 0 Å². The van der Waals surface area contributed by atoms with Crippen molar-refractivity contribution in [3.05, 3.63) is 11.6 Å². The zero-order valence-electron chi connectivity index (χ0n) is 12.6. The quantitative estimate of drug-likeness (QED) is 0.879. The molecule has 0 saturated heterocycles. The summed E-state index contributed by atoms with van der Waals surface area (Å²) in [5.41, 5.74) is 0.358. The van der Waals surface area contributed by atoms with E-state index in [4.69, 9.17) is 0 Å². The van der Waals surface area contributed by atoms with Crippen LogP contribution in [0.15, 0.2) is 0 Å². The Labute approximate surface area is 109 Å². The van der Waals surface area contributed by atoms with Crippen LogP contribution in [0.25, 0.3) is 0 Å². The van der Waals surface area contributed by atoms with E-state index in [2.05, 4.69) is 63.2 Å². The van der Waals surface area contributed by atoms with Gasteiger partial charge in [-0.1, -0.05) is 27.7 Å². The molecule has 0 atom stereocenters. The summed E-state index contributed by atoms with van der Waals surface area (Å²) in [5.74, 6) is 2.08. The van der Waals surface area contributed by atoms with E-state index in [1.54, 1.807) is 0 Å². The van der Waals surface area contributed by atoms with Crippen LogP contribution in [0.2, 0.25) is 0 Å². The Balaban J connectivity index is 2.52. The SMILES string of the molecule is CC(C)(C)n1c(CO)nnc1C1C(C)(C)C1(C)C. The summed E-state index contributed by atoms with van der Waals surface area (Å²) < 4.78 is 2.11. The van der Waals surface area contributed by atoms with Crippen LogP contribution in [0.1, 0.15) is 66.0 Å². The van der Waals surface area contributed by atoms with Crippen LogP contribution in [0.4, 0.5) is 0 Å². The minimum absolute atomic E-state index is 0.0577. The van der Waals surface area contributed by atoms with Crippen molar-refractivity contribution >= 4 is 0 Å². The number of hydrogen-bond donors (Lipinski definition) is 1. The normalized spacial score (nSPS) is 22.2. The zero-order valence-corrected chi connectivity index (χ0v) is 12.6. The van der Waals surface area contributed by atoms with Gasteiger partial charge in [-0.25, -0.2) is 0 Å². The lowest BCUT2D eigenvalue weighted by Gasteiger charge is -2.25. The molecule has 0 spiro atoms. The van der Waals surface area contributed by atoms with Crippen molar-refractivity contribution in [2.75, 3.05) is 0 Å². The second-order valence-corrected chi connectivity index (χ2v) is 7.52. The monoisotopic (exact) mass is 251 g/mol. The molecule has 0 aromatic carbocycles. The third kappa shape index (κ3) is 1.62. The van der Waals surface area contributed by atoms with Gasteiger partial charge in [0.15, 0.2) is 5.82 Å². The summed E-state index contributed by atoms with van der Waals surface area (Å²) >= 11 is 0. The molecule has 0 unspecified atom stereocenters. The van der Waals surface area contributed by atoms with E-state index in [0.29, 0.717) is 11.7 Å². The number of aromatic nitrogens is 3. The smallest absolute Gasteiger partial charge is 0.159 e. The van der Waals surface area contributed by atoms with Gasteiger partial charge in [-0.05, 0) is 31.6 Å². The molecule has 1 aliphatic carbocycles. The predicted molar refractivity (Wildman–Crippen MR) is 71.2 cm³/mol. The Morgan fingerprint density at radius 2 is 1.61 bits per heavy atom. The highest BCUT2D eigenvalue weighted by Crippen LogP contribution is 2.73. The van der Waals surface area contributed by atoms with Gasteiger partial charge < -0.3 is 9.67 Å². The Kier molecular flexibility index (Phi) is 2.68. The largest absolute Gasteiger partial charge is 0.388 e. The molecule has 4 heteroatoms. The Morgan fingerprint density at radius 1 is 1.11 bits per heavy atom. The fourth-order valence-electron chi connectivity index (χ4n) is 3.19. The number of aliphatic hydroxyl groups is 1. The summed E-state index contributed by atoms with van der Waals surface area (Å²) in [6.07, 6.45) is 0. The lowest BCUT2D eigenvalue weighted by atomic mass is 10.0. The van der Waals surface area contributed by atoms with Gasteiger partial charge in [-0.2, -0.15) is 0 Å². The average molecular weight is 251 g/mol. The van der Waals surface area contributed by atoms with Crippen LogP contribution in [-0.4, -0.2) is 19.9 Å². The predicted octanol–water partition coefficient (Wildman–Crippen LogP) is 2.68. The first kappa shape index (κ1) is 13.5. The second kappa shape index (κ2) is 3.56. The van der Waals surface area contributed by atoms with Crippen LogP contribution >= 0.6 is 0 Å². The van der Waals surface area contributed by atoms with Crippen LogP contribution in [-0.2, 0) is 12.1 Å². The van der Waals surface area contributed by atoms with Crippen molar-refractivity contribution in [3.8, 4) is 0 Å². The molecule has 1 fully saturated rings. The molecule has 1 aromatic rings. The van der Waals surface area contributed by atoms with Crippen molar-refractivity contribution in [2.24, 2.45) is 10.8 Å². The maximum Gasteiger partial charge on any atom is 0.159 e. The lowest BCUT2D eigenvalue weighted by molar-refractivity contribution is 0.247. The van der Waals surface area contributed by atoms with Gasteiger partial charge in [0.05, 0.1) is 0 Å². The van der Waals surface area contributed by atoms with E-state index in [1.807, 2.05) is 0 Å². The molecule has 1 heterocycles. The van der Waals surface area contributed by atoms with Crippen molar-refractivity contribution < 1.29 is 5.11 Å². The minimum Gasteiger partial charge on any atom is -0.388 e. The molecule has 18 heavy (non-hydrogen) atoms. The number of nitrogens with zero attached hydrogens (tertiary/aromatic N) is 3. The maximum absolute atomic E-state index is 9.43. The highest BCUT2D eigenvalue weighted by molar-refractivity contribution is 5.28. The Morgan fingerprint density at radius 3 is 1.94 bits per heavy atom. The molecule has 0 aliphatic heterocycles. The fourth-order valence-corrected chi connectivity index (χ4v) is 3.19. The zero-order chi connectivity index (χ0) is 13.9. The number of aliphatic hydroxyl groups excluding tert-OH is 1.